The standard InChI is InChI=1S/C28H27N5O2S/c1-4-20-11-13-21(14-12-20)19(3)29-25(34)17-36-28-31-30-27-32(22-15-9-18(2)10-16-22)26(35)23-7-5-6-8-24(23)33(27)28/h5-16,19H,4,17H2,1-3H3,(H,29,34). The normalized spacial score (nSPS) is 12.2. The molecular formula is C28H27N5O2S. The van der Waals surface area contributed by atoms with Crippen molar-refractivity contribution in [2.45, 2.75) is 38.4 Å². The molecule has 0 spiro atoms. The summed E-state index contributed by atoms with van der Waals surface area (Å²) in [4.78, 5) is 26.2. The van der Waals surface area contributed by atoms with Crippen LogP contribution in [0, 0.1) is 6.92 Å². The van der Waals surface area contributed by atoms with Crippen LogP contribution in [-0.4, -0.2) is 30.8 Å². The number of rotatable bonds is 7. The van der Waals surface area contributed by atoms with E-state index < -0.39 is 0 Å². The first-order chi connectivity index (χ1) is 17.5. The van der Waals surface area contributed by atoms with E-state index in [0.29, 0.717) is 27.5 Å². The second-order valence-corrected chi connectivity index (χ2v) is 9.73. The number of para-hydroxylation sites is 1. The van der Waals surface area contributed by atoms with Crippen LogP contribution >= 0.6 is 11.8 Å². The van der Waals surface area contributed by atoms with Crippen molar-refractivity contribution in [1.82, 2.24) is 24.5 Å². The molecule has 0 aliphatic rings. The third kappa shape index (κ3) is 4.52. The van der Waals surface area contributed by atoms with E-state index in [1.165, 1.54) is 17.3 Å². The zero-order valence-corrected chi connectivity index (χ0v) is 21.2. The lowest BCUT2D eigenvalue weighted by Crippen LogP contribution is -2.28. The van der Waals surface area contributed by atoms with E-state index >= 15 is 0 Å². The highest BCUT2D eigenvalue weighted by Gasteiger charge is 2.19. The highest BCUT2D eigenvalue weighted by atomic mass is 32.2. The number of carbonyl (C=O) groups excluding carboxylic acids is 1. The van der Waals surface area contributed by atoms with Crippen LogP contribution in [-0.2, 0) is 11.2 Å². The maximum Gasteiger partial charge on any atom is 0.267 e. The van der Waals surface area contributed by atoms with Gasteiger partial charge in [0.25, 0.3) is 5.56 Å². The number of carbonyl (C=O) groups is 1. The maximum absolute atomic E-state index is 13.4. The lowest BCUT2D eigenvalue weighted by atomic mass is 10.1. The third-order valence-electron chi connectivity index (χ3n) is 6.28. The van der Waals surface area contributed by atoms with E-state index in [4.69, 9.17) is 0 Å². The SMILES string of the molecule is CCc1ccc(C(C)NC(=O)CSc2nnc3n(-c4ccc(C)cc4)c(=O)c4ccccc4n23)cc1. The summed E-state index contributed by atoms with van der Waals surface area (Å²) >= 11 is 1.30. The van der Waals surface area contributed by atoms with E-state index in [9.17, 15) is 9.59 Å². The fourth-order valence-electron chi connectivity index (χ4n) is 4.24. The molecule has 0 fully saturated rings. The first-order valence-electron chi connectivity index (χ1n) is 11.9. The van der Waals surface area contributed by atoms with E-state index in [0.717, 1.165) is 17.5 Å². The molecule has 182 valence electrons. The number of hydrogen-bond donors (Lipinski definition) is 1. The Morgan fingerprint density at radius 2 is 1.72 bits per heavy atom. The molecule has 8 heteroatoms. The minimum Gasteiger partial charge on any atom is -0.349 e. The van der Waals surface area contributed by atoms with Crippen molar-refractivity contribution in [3.05, 3.63) is 99.8 Å². The molecule has 1 amide bonds. The Balaban J connectivity index is 1.44. The molecule has 0 saturated heterocycles. The molecule has 0 saturated carbocycles. The average molecular weight is 498 g/mol. The van der Waals surface area contributed by atoms with Crippen molar-refractivity contribution in [3.8, 4) is 5.69 Å². The van der Waals surface area contributed by atoms with E-state index in [1.807, 2.05) is 60.7 Å². The van der Waals surface area contributed by atoms with Crippen molar-refractivity contribution in [2.75, 3.05) is 5.75 Å². The molecule has 3 aromatic carbocycles. The van der Waals surface area contributed by atoms with Gasteiger partial charge in [-0.15, -0.1) is 10.2 Å². The number of hydrogen-bond acceptors (Lipinski definition) is 5. The van der Waals surface area contributed by atoms with Crippen LogP contribution in [0.2, 0.25) is 0 Å². The highest BCUT2D eigenvalue weighted by Crippen LogP contribution is 2.23. The molecule has 2 aromatic heterocycles. The summed E-state index contributed by atoms with van der Waals surface area (Å²) in [7, 11) is 0. The van der Waals surface area contributed by atoms with Gasteiger partial charge in [0.15, 0.2) is 5.16 Å². The minimum atomic E-state index is -0.161. The van der Waals surface area contributed by atoms with Crippen LogP contribution in [0.5, 0.6) is 0 Å². The predicted molar refractivity (Wildman–Crippen MR) is 144 cm³/mol. The summed E-state index contributed by atoms with van der Waals surface area (Å²) in [5.41, 5.74) is 4.69. The molecular weight excluding hydrogens is 470 g/mol. The summed E-state index contributed by atoms with van der Waals surface area (Å²) in [6.45, 7) is 6.10. The Kier molecular flexibility index (Phi) is 6.61. The van der Waals surface area contributed by atoms with Gasteiger partial charge >= 0.3 is 0 Å². The van der Waals surface area contributed by atoms with Crippen LogP contribution in [0.3, 0.4) is 0 Å². The van der Waals surface area contributed by atoms with Gasteiger partial charge in [-0.3, -0.25) is 14.0 Å². The Labute approximate surface area is 213 Å². The van der Waals surface area contributed by atoms with Crippen LogP contribution < -0.4 is 10.9 Å². The van der Waals surface area contributed by atoms with Gasteiger partial charge in [0, 0.05) is 0 Å². The number of fused-ring (bicyclic) bond motifs is 3. The fourth-order valence-corrected chi connectivity index (χ4v) is 4.99. The van der Waals surface area contributed by atoms with Crippen LogP contribution in [0.15, 0.2) is 82.7 Å². The van der Waals surface area contributed by atoms with Gasteiger partial charge in [-0.05, 0) is 55.7 Å². The van der Waals surface area contributed by atoms with Gasteiger partial charge in [0.1, 0.15) is 0 Å². The zero-order chi connectivity index (χ0) is 25.2. The quantitative estimate of drug-likeness (QED) is 0.324. The smallest absolute Gasteiger partial charge is 0.267 e. The molecule has 5 rings (SSSR count). The predicted octanol–water partition coefficient (Wildman–Crippen LogP) is 4.87. The van der Waals surface area contributed by atoms with Crippen molar-refractivity contribution in [2.24, 2.45) is 0 Å². The summed E-state index contributed by atoms with van der Waals surface area (Å²) in [6, 6.07) is 23.3. The minimum absolute atomic E-state index is 0.0972. The number of aryl methyl sites for hydroxylation is 2. The van der Waals surface area contributed by atoms with Crippen LogP contribution in [0.25, 0.3) is 22.4 Å². The lowest BCUT2D eigenvalue weighted by molar-refractivity contribution is -0.119. The first-order valence-corrected chi connectivity index (χ1v) is 12.9. The molecule has 0 radical (unpaired) electrons. The lowest BCUT2D eigenvalue weighted by Gasteiger charge is -2.15. The van der Waals surface area contributed by atoms with E-state index in [-0.39, 0.29) is 23.3 Å². The molecule has 0 aliphatic carbocycles. The Morgan fingerprint density at radius 3 is 2.44 bits per heavy atom. The monoisotopic (exact) mass is 497 g/mol. The largest absolute Gasteiger partial charge is 0.349 e. The van der Waals surface area contributed by atoms with Gasteiger partial charge < -0.3 is 5.32 Å². The summed E-state index contributed by atoms with van der Waals surface area (Å²) in [5, 5.41) is 12.9. The number of thioether (sulfide) groups is 1. The van der Waals surface area contributed by atoms with Gasteiger partial charge in [-0.1, -0.05) is 72.8 Å². The molecule has 0 bridgehead atoms. The summed E-state index contributed by atoms with van der Waals surface area (Å²) in [5.74, 6) is 0.491. The van der Waals surface area contributed by atoms with Crippen molar-refractivity contribution < 1.29 is 4.79 Å². The Morgan fingerprint density at radius 1 is 1.00 bits per heavy atom. The summed E-state index contributed by atoms with van der Waals surface area (Å²) in [6.07, 6.45) is 0.983. The molecule has 5 aromatic rings. The molecule has 2 heterocycles. The van der Waals surface area contributed by atoms with Crippen LogP contribution in [0.4, 0.5) is 0 Å². The van der Waals surface area contributed by atoms with Crippen LogP contribution in [0.1, 0.15) is 36.6 Å². The number of amides is 1. The number of nitrogens with zero attached hydrogens (tertiary/aromatic N) is 4. The van der Waals surface area contributed by atoms with Gasteiger partial charge in [-0.25, -0.2) is 4.57 Å². The Hall–Kier alpha value is -3.91. The number of benzene rings is 3. The molecule has 1 unspecified atom stereocenters. The summed E-state index contributed by atoms with van der Waals surface area (Å²) < 4.78 is 3.42. The molecule has 1 N–H and O–H groups in total. The van der Waals surface area contributed by atoms with Gasteiger partial charge in [-0.2, -0.15) is 0 Å². The molecule has 7 nitrogen and oxygen atoms in total. The fraction of sp³-hybridized carbons (Fsp3) is 0.214. The van der Waals surface area contributed by atoms with Crippen molar-refractivity contribution in [3.63, 3.8) is 0 Å². The Bertz CT molecular complexity index is 1600. The van der Waals surface area contributed by atoms with E-state index in [2.05, 4.69) is 46.7 Å². The molecule has 36 heavy (non-hydrogen) atoms. The number of nitrogens with one attached hydrogen (secondary N) is 1. The van der Waals surface area contributed by atoms with E-state index in [1.54, 1.807) is 10.6 Å². The topological polar surface area (TPSA) is 81.3 Å². The first kappa shape index (κ1) is 23.8. The molecule has 1 atom stereocenters. The highest BCUT2D eigenvalue weighted by molar-refractivity contribution is 7.99. The second kappa shape index (κ2) is 9.99. The van der Waals surface area contributed by atoms with Gasteiger partial charge in [0.05, 0.1) is 28.4 Å². The average Bonchev–Trinajstić information content (AvgIpc) is 3.32. The second-order valence-electron chi connectivity index (χ2n) is 8.78. The molecule has 0 aliphatic heterocycles. The number of aromatic nitrogens is 4. The van der Waals surface area contributed by atoms with Crippen molar-refractivity contribution in [1.29, 1.82) is 0 Å². The van der Waals surface area contributed by atoms with Crippen molar-refractivity contribution >= 4 is 34.3 Å². The van der Waals surface area contributed by atoms with Gasteiger partial charge in [0.2, 0.25) is 11.7 Å². The third-order valence-corrected chi connectivity index (χ3v) is 7.21. The maximum atomic E-state index is 13.4. The zero-order valence-electron chi connectivity index (χ0n) is 20.4.